The van der Waals surface area contributed by atoms with Gasteiger partial charge < -0.3 is 9.52 Å². The Morgan fingerprint density at radius 3 is 2.55 bits per heavy atom. The topological polar surface area (TPSA) is 79.5 Å². The van der Waals surface area contributed by atoms with Crippen LogP contribution in [0.15, 0.2) is 42.7 Å². The fourth-order valence-electron chi connectivity index (χ4n) is 1.43. The zero-order valence-electron chi connectivity index (χ0n) is 9.73. The Hall–Kier alpha value is -0.900. The Balaban J connectivity index is 2.38. The molecule has 1 aromatic carbocycles. The predicted octanol–water partition coefficient (Wildman–Crippen LogP) is 3.24. The lowest BCUT2D eigenvalue weighted by Crippen LogP contribution is -2.13. The molecule has 1 aromatic heterocycles. The number of anilines is 1. The molecule has 2 aromatic rings. The van der Waals surface area contributed by atoms with Gasteiger partial charge in [0, 0.05) is 10.5 Å². The van der Waals surface area contributed by atoms with E-state index in [4.69, 9.17) is 9.52 Å². The van der Waals surface area contributed by atoms with Crippen molar-refractivity contribution in [1.29, 1.82) is 0 Å². The number of halogens is 3. The molecule has 0 bridgehead atoms. The van der Waals surface area contributed by atoms with Gasteiger partial charge in [0.15, 0.2) is 4.67 Å². The van der Waals surface area contributed by atoms with Gasteiger partial charge in [0.2, 0.25) is 0 Å². The average molecular weight is 429 g/mol. The highest BCUT2D eigenvalue weighted by atomic mass is 79.9. The second-order valence-corrected chi connectivity index (χ2v) is 7.03. The summed E-state index contributed by atoms with van der Waals surface area (Å²) in [5.41, 5.74) is -0.188. The lowest BCUT2D eigenvalue weighted by molar-refractivity contribution is 0.245. The fourth-order valence-corrected chi connectivity index (χ4v) is 3.83. The van der Waals surface area contributed by atoms with Crippen LogP contribution in [0.5, 0.6) is 0 Å². The van der Waals surface area contributed by atoms with Crippen LogP contribution in [0.4, 0.5) is 10.1 Å². The smallest absolute Gasteiger partial charge is 0.266 e. The van der Waals surface area contributed by atoms with Crippen LogP contribution in [0.1, 0.15) is 5.76 Å². The summed E-state index contributed by atoms with van der Waals surface area (Å²) in [4.78, 5) is -0.219. The molecular weight excluding hydrogens is 421 g/mol. The van der Waals surface area contributed by atoms with E-state index in [0.29, 0.717) is 4.47 Å². The maximum absolute atomic E-state index is 13.6. The van der Waals surface area contributed by atoms with Crippen molar-refractivity contribution in [3.05, 3.63) is 45.0 Å². The molecule has 0 unspecified atom stereocenters. The van der Waals surface area contributed by atoms with Gasteiger partial charge in [-0.15, -0.1) is 0 Å². The molecule has 0 aliphatic rings. The van der Waals surface area contributed by atoms with Crippen molar-refractivity contribution < 1.29 is 22.3 Å². The molecule has 2 rings (SSSR count). The minimum atomic E-state index is -4.03. The second-order valence-electron chi connectivity index (χ2n) is 3.74. The van der Waals surface area contributed by atoms with Gasteiger partial charge in [0.1, 0.15) is 23.1 Å². The predicted molar refractivity (Wildman–Crippen MR) is 77.2 cm³/mol. The maximum atomic E-state index is 13.6. The summed E-state index contributed by atoms with van der Waals surface area (Å²) in [6, 6.07) is 5.09. The first kappa shape index (κ1) is 15.5. The van der Waals surface area contributed by atoms with Crippen molar-refractivity contribution in [3.63, 3.8) is 0 Å². The molecule has 2 N–H and O–H groups in total. The van der Waals surface area contributed by atoms with E-state index in [0.717, 1.165) is 12.1 Å². The first-order chi connectivity index (χ1) is 9.33. The van der Waals surface area contributed by atoms with Crippen LogP contribution >= 0.6 is 31.9 Å². The zero-order chi connectivity index (χ0) is 14.9. The molecule has 9 heteroatoms. The highest BCUT2D eigenvalue weighted by molar-refractivity contribution is 9.10. The van der Waals surface area contributed by atoms with E-state index in [9.17, 15) is 12.8 Å². The quantitative estimate of drug-likeness (QED) is 0.783. The minimum Gasteiger partial charge on any atom is -0.450 e. The Morgan fingerprint density at radius 1 is 1.30 bits per heavy atom. The Bertz CT molecular complexity index is 745. The largest absolute Gasteiger partial charge is 0.450 e. The SMILES string of the molecule is O=S(=O)(Nc1ccc(Br)cc1F)c1cc(CO)oc1Br. The Labute approximate surface area is 131 Å². The number of sulfonamides is 1. The van der Waals surface area contributed by atoms with Crippen molar-refractivity contribution in [1.82, 2.24) is 0 Å². The highest BCUT2D eigenvalue weighted by Crippen LogP contribution is 2.29. The van der Waals surface area contributed by atoms with Gasteiger partial charge in [-0.05, 0) is 34.1 Å². The first-order valence-corrected chi connectivity index (χ1v) is 8.27. The standard InChI is InChI=1S/C11H8Br2FNO4S/c12-6-1-2-9(8(14)3-6)15-20(17,18)10-4-7(5-16)19-11(10)13/h1-4,15-16H,5H2. The lowest BCUT2D eigenvalue weighted by Gasteiger charge is -2.07. The van der Waals surface area contributed by atoms with Gasteiger partial charge >= 0.3 is 0 Å². The van der Waals surface area contributed by atoms with Crippen LogP contribution in [-0.4, -0.2) is 13.5 Å². The molecule has 0 fully saturated rings. The molecule has 108 valence electrons. The summed E-state index contributed by atoms with van der Waals surface area (Å²) < 4.78 is 45.4. The molecule has 0 atom stereocenters. The van der Waals surface area contributed by atoms with Crippen molar-refractivity contribution in [2.75, 3.05) is 4.72 Å². The average Bonchev–Trinajstić information content (AvgIpc) is 2.75. The van der Waals surface area contributed by atoms with E-state index in [2.05, 4.69) is 36.6 Å². The van der Waals surface area contributed by atoms with Gasteiger partial charge in [-0.25, -0.2) is 12.8 Å². The molecule has 0 aliphatic heterocycles. The number of nitrogens with one attached hydrogen (secondary N) is 1. The summed E-state index contributed by atoms with van der Waals surface area (Å²) >= 11 is 6.02. The van der Waals surface area contributed by atoms with Crippen LogP contribution in [0.3, 0.4) is 0 Å². The lowest BCUT2D eigenvalue weighted by atomic mass is 10.3. The molecular formula is C11H8Br2FNO4S. The van der Waals surface area contributed by atoms with E-state index in [1.54, 1.807) is 0 Å². The summed E-state index contributed by atoms with van der Waals surface area (Å²) in [6.45, 7) is -0.444. The summed E-state index contributed by atoms with van der Waals surface area (Å²) in [5.74, 6) is -0.640. The molecule has 0 radical (unpaired) electrons. The van der Waals surface area contributed by atoms with Gasteiger partial charge in [0.25, 0.3) is 10.0 Å². The molecule has 0 saturated heterocycles. The third-order valence-electron chi connectivity index (χ3n) is 2.33. The molecule has 5 nitrogen and oxygen atoms in total. The molecule has 20 heavy (non-hydrogen) atoms. The van der Waals surface area contributed by atoms with E-state index in [1.807, 2.05) is 0 Å². The molecule has 0 aliphatic carbocycles. The number of rotatable bonds is 4. The van der Waals surface area contributed by atoms with Gasteiger partial charge in [-0.1, -0.05) is 15.9 Å². The van der Waals surface area contributed by atoms with Gasteiger partial charge in [-0.3, -0.25) is 4.72 Å². The number of furan rings is 1. The van der Waals surface area contributed by atoms with Crippen molar-refractivity contribution >= 4 is 47.6 Å². The van der Waals surface area contributed by atoms with Crippen molar-refractivity contribution in [2.45, 2.75) is 11.5 Å². The first-order valence-electron chi connectivity index (χ1n) is 5.20. The minimum absolute atomic E-state index is 0.0634. The van der Waals surface area contributed by atoms with Crippen LogP contribution in [0.25, 0.3) is 0 Å². The zero-order valence-corrected chi connectivity index (χ0v) is 13.7. The highest BCUT2D eigenvalue weighted by Gasteiger charge is 2.23. The molecule has 0 spiro atoms. The fraction of sp³-hybridized carbons (Fsp3) is 0.0909. The van der Waals surface area contributed by atoms with Crippen LogP contribution in [-0.2, 0) is 16.6 Å². The molecule has 1 heterocycles. The third kappa shape index (κ3) is 3.22. The number of benzene rings is 1. The third-order valence-corrected chi connectivity index (χ3v) is 5.04. The normalized spacial score (nSPS) is 11.6. The monoisotopic (exact) mass is 427 g/mol. The number of hydrogen-bond donors (Lipinski definition) is 2. The summed E-state index contributed by atoms with van der Waals surface area (Å²) in [5, 5.41) is 8.91. The summed E-state index contributed by atoms with van der Waals surface area (Å²) in [6.07, 6.45) is 0. The van der Waals surface area contributed by atoms with Crippen LogP contribution in [0.2, 0.25) is 0 Å². The number of hydrogen-bond acceptors (Lipinski definition) is 4. The van der Waals surface area contributed by atoms with Crippen molar-refractivity contribution in [3.8, 4) is 0 Å². The van der Waals surface area contributed by atoms with Gasteiger partial charge in [-0.2, -0.15) is 0 Å². The van der Waals surface area contributed by atoms with E-state index in [-0.39, 0.29) is 21.0 Å². The van der Waals surface area contributed by atoms with E-state index < -0.39 is 22.4 Å². The summed E-state index contributed by atoms with van der Waals surface area (Å²) in [7, 11) is -4.03. The number of aliphatic hydroxyl groups excluding tert-OH is 1. The van der Waals surface area contributed by atoms with Crippen molar-refractivity contribution in [2.24, 2.45) is 0 Å². The molecule has 0 saturated carbocycles. The maximum Gasteiger partial charge on any atom is 0.266 e. The molecule has 0 amide bonds. The van der Waals surface area contributed by atoms with Crippen LogP contribution < -0.4 is 4.72 Å². The number of aliphatic hydroxyl groups is 1. The second kappa shape index (κ2) is 5.84. The van der Waals surface area contributed by atoms with Crippen LogP contribution in [0, 0.1) is 5.82 Å². The van der Waals surface area contributed by atoms with E-state index in [1.165, 1.54) is 12.1 Å². The van der Waals surface area contributed by atoms with Gasteiger partial charge in [0.05, 0.1) is 5.69 Å². The van der Waals surface area contributed by atoms with E-state index >= 15 is 0 Å². The Morgan fingerprint density at radius 2 is 2.00 bits per heavy atom. The Kier molecular flexibility index (Phi) is 4.52.